The normalized spacial score (nSPS) is 14.9. The van der Waals surface area contributed by atoms with Gasteiger partial charge in [0.15, 0.2) is 0 Å². The zero-order chi connectivity index (χ0) is 22.4. The Hall–Kier alpha value is -2.61. The Morgan fingerprint density at radius 3 is 2.48 bits per heavy atom. The zero-order valence-electron chi connectivity index (χ0n) is 18.6. The van der Waals surface area contributed by atoms with Crippen LogP contribution in [0.25, 0.3) is 10.6 Å². The summed E-state index contributed by atoms with van der Waals surface area (Å²) >= 11 is 1.53. The SMILES string of the molecule is CCOc1ccc(-c2nc(CC(=O)NC3CCN(C(=O)OC(C)(C)C)CC3)cs2)cc1. The molecule has 0 radical (unpaired) electrons. The Morgan fingerprint density at radius 2 is 1.87 bits per heavy atom. The van der Waals surface area contributed by atoms with Crippen LogP contribution < -0.4 is 10.1 Å². The van der Waals surface area contributed by atoms with E-state index in [1.165, 1.54) is 11.3 Å². The number of carbonyl (C=O) groups is 2. The number of likely N-dealkylation sites (tertiary alicyclic amines) is 1. The van der Waals surface area contributed by atoms with E-state index < -0.39 is 5.60 Å². The van der Waals surface area contributed by atoms with Crippen LogP contribution in [0.5, 0.6) is 5.75 Å². The van der Waals surface area contributed by atoms with Gasteiger partial charge in [-0.1, -0.05) is 0 Å². The van der Waals surface area contributed by atoms with E-state index in [1.807, 2.05) is 57.3 Å². The van der Waals surface area contributed by atoms with Gasteiger partial charge in [-0.15, -0.1) is 11.3 Å². The topological polar surface area (TPSA) is 80.8 Å². The van der Waals surface area contributed by atoms with Gasteiger partial charge in [-0.05, 0) is 64.8 Å². The second-order valence-electron chi connectivity index (χ2n) is 8.59. The standard InChI is InChI=1S/C23H31N3O4S/c1-5-29-19-8-6-16(7-9-19)21-25-18(15-31-21)14-20(27)24-17-10-12-26(13-11-17)22(28)30-23(2,3)4/h6-9,15,17H,5,10-14H2,1-4H3,(H,24,27). The monoisotopic (exact) mass is 445 g/mol. The molecule has 1 N–H and O–H groups in total. The fraction of sp³-hybridized carbons (Fsp3) is 0.522. The number of hydrogen-bond acceptors (Lipinski definition) is 6. The van der Waals surface area contributed by atoms with Gasteiger partial charge in [0.2, 0.25) is 5.91 Å². The Kier molecular flexibility index (Phi) is 7.54. The van der Waals surface area contributed by atoms with E-state index in [0.29, 0.717) is 19.7 Å². The van der Waals surface area contributed by atoms with Crippen LogP contribution in [-0.2, 0) is 16.0 Å². The summed E-state index contributed by atoms with van der Waals surface area (Å²) in [6, 6.07) is 7.88. The smallest absolute Gasteiger partial charge is 0.410 e. The number of nitrogens with zero attached hydrogens (tertiary/aromatic N) is 2. The molecule has 0 bridgehead atoms. The van der Waals surface area contributed by atoms with Crippen molar-refractivity contribution in [2.45, 2.75) is 58.6 Å². The van der Waals surface area contributed by atoms with Crippen LogP contribution in [0.1, 0.15) is 46.2 Å². The second-order valence-corrected chi connectivity index (χ2v) is 9.45. The van der Waals surface area contributed by atoms with Crippen molar-refractivity contribution in [1.29, 1.82) is 0 Å². The Bertz CT molecular complexity index is 881. The molecule has 0 spiro atoms. The van der Waals surface area contributed by atoms with Crippen molar-refractivity contribution in [3.63, 3.8) is 0 Å². The molecule has 8 heteroatoms. The second kappa shape index (κ2) is 10.1. The van der Waals surface area contributed by atoms with E-state index in [2.05, 4.69) is 10.3 Å². The zero-order valence-corrected chi connectivity index (χ0v) is 19.5. The Labute approximate surface area is 187 Å². The number of thiazole rings is 1. The highest BCUT2D eigenvalue weighted by Gasteiger charge is 2.27. The van der Waals surface area contributed by atoms with Gasteiger partial charge in [-0.3, -0.25) is 4.79 Å². The molecule has 0 saturated carbocycles. The van der Waals surface area contributed by atoms with Crippen LogP contribution in [0.2, 0.25) is 0 Å². The molecule has 0 atom stereocenters. The summed E-state index contributed by atoms with van der Waals surface area (Å²) in [5, 5.41) is 5.89. The Balaban J connectivity index is 1.46. The van der Waals surface area contributed by atoms with Crippen LogP contribution in [0, 0.1) is 0 Å². The molecule has 1 aromatic carbocycles. The van der Waals surface area contributed by atoms with E-state index in [1.54, 1.807) is 4.90 Å². The maximum atomic E-state index is 12.5. The van der Waals surface area contributed by atoms with Crippen LogP contribution in [-0.4, -0.2) is 53.2 Å². The third kappa shape index (κ3) is 6.95. The van der Waals surface area contributed by atoms with Gasteiger partial charge in [0.05, 0.1) is 18.7 Å². The molecule has 0 unspecified atom stereocenters. The predicted molar refractivity (Wildman–Crippen MR) is 121 cm³/mol. The number of ether oxygens (including phenoxy) is 2. The van der Waals surface area contributed by atoms with Gasteiger partial charge in [0.25, 0.3) is 0 Å². The average Bonchev–Trinajstić information content (AvgIpc) is 3.16. The molecule has 0 aliphatic carbocycles. The average molecular weight is 446 g/mol. The summed E-state index contributed by atoms with van der Waals surface area (Å²) in [6.45, 7) is 9.33. The fourth-order valence-corrected chi connectivity index (χ4v) is 4.18. The van der Waals surface area contributed by atoms with Gasteiger partial charge >= 0.3 is 6.09 Å². The molecule has 1 aliphatic rings. The predicted octanol–water partition coefficient (Wildman–Crippen LogP) is 4.27. The number of aromatic nitrogens is 1. The first-order valence-corrected chi connectivity index (χ1v) is 11.6. The molecule has 168 valence electrons. The molecule has 1 aromatic heterocycles. The molecule has 2 aromatic rings. The maximum absolute atomic E-state index is 12.5. The van der Waals surface area contributed by atoms with Gasteiger partial charge in [-0.25, -0.2) is 9.78 Å². The number of benzene rings is 1. The molecule has 2 heterocycles. The first-order chi connectivity index (χ1) is 14.7. The molecule has 1 aliphatic heterocycles. The number of piperidine rings is 1. The number of nitrogens with one attached hydrogen (secondary N) is 1. The van der Waals surface area contributed by atoms with E-state index in [4.69, 9.17) is 9.47 Å². The van der Waals surface area contributed by atoms with Crippen LogP contribution >= 0.6 is 11.3 Å². The Morgan fingerprint density at radius 1 is 1.19 bits per heavy atom. The molecule has 31 heavy (non-hydrogen) atoms. The van der Waals surface area contributed by atoms with Gasteiger partial charge in [0, 0.05) is 30.1 Å². The summed E-state index contributed by atoms with van der Waals surface area (Å²) < 4.78 is 10.9. The largest absolute Gasteiger partial charge is 0.494 e. The lowest BCUT2D eigenvalue weighted by atomic mass is 10.1. The van der Waals surface area contributed by atoms with Crippen LogP contribution in [0.15, 0.2) is 29.6 Å². The summed E-state index contributed by atoms with van der Waals surface area (Å²) in [6.07, 6.45) is 1.40. The first-order valence-electron chi connectivity index (χ1n) is 10.7. The summed E-state index contributed by atoms with van der Waals surface area (Å²) in [5.74, 6) is 0.791. The molecule has 3 rings (SSSR count). The van der Waals surface area contributed by atoms with Crippen LogP contribution in [0.3, 0.4) is 0 Å². The van der Waals surface area contributed by atoms with Crippen molar-refractivity contribution < 1.29 is 19.1 Å². The van der Waals surface area contributed by atoms with Gasteiger partial charge in [-0.2, -0.15) is 0 Å². The third-order valence-electron chi connectivity index (χ3n) is 4.82. The fourth-order valence-electron chi connectivity index (χ4n) is 3.36. The minimum absolute atomic E-state index is 0.0424. The highest BCUT2D eigenvalue weighted by Crippen LogP contribution is 2.26. The van der Waals surface area contributed by atoms with E-state index in [0.717, 1.165) is 34.9 Å². The summed E-state index contributed by atoms with van der Waals surface area (Å²) in [5.41, 5.74) is 1.27. The highest BCUT2D eigenvalue weighted by atomic mass is 32.1. The number of hydrogen-bond donors (Lipinski definition) is 1. The lowest BCUT2D eigenvalue weighted by molar-refractivity contribution is -0.121. The van der Waals surface area contributed by atoms with Crippen molar-refractivity contribution in [2.24, 2.45) is 0 Å². The number of carbonyl (C=O) groups excluding carboxylic acids is 2. The number of rotatable bonds is 6. The van der Waals surface area contributed by atoms with E-state index in [9.17, 15) is 9.59 Å². The molecular weight excluding hydrogens is 414 g/mol. The van der Waals surface area contributed by atoms with Gasteiger partial charge in [0.1, 0.15) is 16.4 Å². The first kappa shape index (κ1) is 23.1. The van der Waals surface area contributed by atoms with Crippen molar-refractivity contribution in [3.05, 3.63) is 35.3 Å². The number of amides is 2. The highest BCUT2D eigenvalue weighted by molar-refractivity contribution is 7.13. The van der Waals surface area contributed by atoms with Gasteiger partial charge < -0.3 is 19.7 Å². The van der Waals surface area contributed by atoms with E-state index >= 15 is 0 Å². The van der Waals surface area contributed by atoms with Crippen molar-refractivity contribution in [2.75, 3.05) is 19.7 Å². The van der Waals surface area contributed by atoms with E-state index in [-0.39, 0.29) is 24.5 Å². The molecule has 2 amide bonds. The van der Waals surface area contributed by atoms with Crippen molar-refractivity contribution in [1.82, 2.24) is 15.2 Å². The van der Waals surface area contributed by atoms with Crippen molar-refractivity contribution in [3.8, 4) is 16.3 Å². The maximum Gasteiger partial charge on any atom is 0.410 e. The summed E-state index contributed by atoms with van der Waals surface area (Å²) in [4.78, 5) is 30.9. The lowest BCUT2D eigenvalue weighted by Gasteiger charge is -2.33. The lowest BCUT2D eigenvalue weighted by Crippen LogP contribution is -2.48. The summed E-state index contributed by atoms with van der Waals surface area (Å²) in [7, 11) is 0. The van der Waals surface area contributed by atoms with Crippen LogP contribution in [0.4, 0.5) is 4.79 Å². The molecular formula is C23H31N3O4S. The third-order valence-corrected chi connectivity index (χ3v) is 5.76. The minimum atomic E-state index is -0.500. The molecule has 1 saturated heterocycles. The minimum Gasteiger partial charge on any atom is -0.494 e. The molecule has 1 fully saturated rings. The van der Waals surface area contributed by atoms with Crippen molar-refractivity contribution >= 4 is 23.3 Å². The quantitative estimate of drug-likeness (QED) is 0.718. The molecule has 7 nitrogen and oxygen atoms in total.